The van der Waals surface area contributed by atoms with Crippen molar-refractivity contribution in [2.45, 2.75) is 97.7 Å². The van der Waals surface area contributed by atoms with Gasteiger partial charge in [0.15, 0.2) is 0 Å². The van der Waals surface area contributed by atoms with Crippen molar-refractivity contribution in [1.29, 1.82) is 0 Å². The van der Waals surface area contributed by atoms with E-state index in [1.807, 2.05) is 6.08 Å². The minimum atomic E-state index is 0.124. The van der Waals surface area contributed by atoms with Crippen LogP contribution in [-0.2, 0) is 9.53 Å². The van der Waals surface area contributed by atoms with Crippen LogP contribution in [0.1, 0.15) is 86.0 Å². The zero-order valence-corrected chi connectivity index (χ0v) is 17.5. The van der Waals surface area contributed by atoms with Crippen LogP contribution in [0.15, 0.2) is 47.1 Å². The van der Waals surface area contributed by atoms with E-state index >= 15 is 0 Å². The quantitative estimate of drug-likeness (QED) is 0.118. The summed E-state index contributed by atoms with van der Waals surface area (Å²) in [5.41, 5.74) is 4.51. The Morgan fingerprint density at radius 3 is 1.88 bits per heavy atom. The second-order valence-electron chi connectivity index (χ2n) is 8.12. The predicted molar refractivity (Wildman–Crippen MR) is 112 cm³/mol. The zero-order valence-electron chi connectivity index (χ0n) is 17.5. The third-order valence-electron chi connectivity index (χ3n) is 5.07. The van der Waals surface area contributed by atoms with Crippen LogP contribution in [0.5, 0.6) is 0 Å². The van der Waals surface area contributed by atoms with Crippen LogP contribution in [0.3, 0.4) is 0 Å². The summed E-state index contributed by atoms with van der Waals surface area (Å²) in [6.07, 6.45) is 20.7. The maximum atomic E-state index is 10.2. The number of rotatable bonds is 13. The molecule has 146 valence electrons. The number of ether oxygens (including phenoxy) is 1. The first-order chi connectivity index (χ1) is 12.3. The first-order valence-electron chi connectivity index (χ1n) is 10.1. The normalized spacial score (nSPS) is 20.7. The van der Waals surface area contributed by atoms with Crippen molar-refractivity contribution in [3.63, 3.8) is 0 Å². The van der Waals surface area contributed by atoms with Gasteiger partial charge >= 0.3 is 0 Å². The molecule has 1 aliphatic heterocycles. The van der Waals surface area contributed by atoms with Gasteiger partial charge in [-0.2, -0.15) is 0 Å². The van der Waals surface area contributed by atoms with Gasteiger partial charge in [0.1, 0.15) is 6.29 Å². The maximum absolute atomic E-state index is 10.2. The van der Waals surface area contributed by atoms with Gasteiger partial charge in [0.05, 0.1) is 11.7 Å². The number of hydrogen-bond donors (Lipinski definition) is 0. The molecule has 0 aromatic carbocycles. The second kappa shape index (κ2) is 12.1. The standard InChI is InChI=1S/C24H38O2/c1-20(12-7-6-10-19-25)13-8-9-14-21(2)15-11-16-22(3)17-18-23-24(4,5)26-23/h6,10,13-14,16,19,23H,7-9,11-12,15,17-18H2,1-5H3/b10-6+,20-13+,21-14+,22-16+. The number of hydrogen-bond acceptors (Lipinski definition) is 2. The van der Waals surface area contributed by atoms with Gasteiger partial charge in [0.25, 0.3) is 0 Å². The van der Waals surface area contributed by atoms with Gasteiger partial charge in [-0.25, -0.2) is 0 Å². The lowest BCUT2D eigenvalue weighted by atomic mass is 10.0. The van der Waals surface area contributed by atoms with E-state index < -0.39 is 0 Å². The fraction of sp³-hybridized carbons (Fsp3) is 0.625. The average Bonchev–Trinajstić information content (AvgIpc) is 3.20. The fourth-order valence-corrected chi connectivity index (χ4v) is 3.07. The highest BCUT2D eigenvalue weighted by Gasteiger charge is 2.46. The molecule has 2 heteroatoms. The van der Waals surface area contributed by atoms with Gasteiger partial charge in [-0.1, -0.05) is 41.0 Å². The Morgan fingerprint density at radius 1 is 0.846 bits per heavy atom. The third kappa shape index (κ3) is 10.6. The van der Waals surface area contributed by atoms with E-state index in [1.165, 1.54) is 16.7 Å². The summed E-state index contributed by atoms with van der Waals surface area (Å²) in [4.78, 5) is 10.2. The van der Waals surface area contributed by atoms with Crippen molar-refractivity contribution >= 4 is 6.29 Å². The first-order valence-corrected chi connectivity index (χ1v) is 10.1. The molecule has 1 rings (SSSR count). The monoisotopic (exact) mass is 358 g/mol. The van der Waals surface area contributed by atoms with Gasteiger partial charge in [-0.3, -0.25) is 4.79 Å². The lowest BCUT2D eigenvalue weighted by Crippen LogP contribution is -2.02. The summed E-state index contributed by atoms with van der Waals surface area (Å²) < 4.78 is 5.64. The highest BCUT2D eigenvalue weighted by Crippen LogP contribution is 2.38. The zero-order chi connectivity index (χ0) is 19.4. The Kier molecular flexibility index (Phi) is 10.5. The number of allylic oxidation sites excluding steroid dienone is 8. The smallest absolute Gasteiger partial charge is 0.142 e. The number of unbranched alkanes of at least 4 members (excludes halogenated alkanes) is 1. The van der Waals surface area contributed by atoms with Crippen LogP contribution in [0.25, 0.3) is 0 Å². The molecule has 0 amide bonds. The molecule has 1 fully saturated rings. The van der Waals surface area contributed by atoms with Crippen molar-refractivity contribution in [2.24, 2.45) is 0 Å². The Morgan fingerprint density at radius 2 is 1.35 bits per heavy atom. The number of carbonyl (C=O) groups is 1. The van der Waals surface area contributed by atoms with Crippen LogP contribution >= 0.6 is 0 Å². The van der Waals surface area contributed by atoms with E-state index in [-0.39, 0.29) is 5.60 Å². The van der Waals surface area contributed by atoms with Gasteiger partial charge in [-0.15, -0.1) is 0 Å². The summed E-state index contributed by atoms with van der Waals surface area (Å²) in [6.45, 7) is 11.0. The van der Waals surface area contributed by atoms with Crippen LogP contribution in [0.4, 0.5) is 0 Å². The molecule has 0 aliphatic carbocycles. The molecule has 0 bridgehead atoms. The lowest BCUT2D eigenvalue weighted by Gasteiger charge is -2.02. The van der Waals surface area contributed by atoms with E-state index in [2.05, 4.69) is 52.8 Å². The maximum Gasteiger partial charge on any atom is 0.142 e. The molecule has 2 nitrogen and oxygen atoms in total. The SMILES string of the molecule is C/C(=C\CC/C=C(\C)CC/C=C(\C)CCC1OC1(C)C)CC/C=C/C=O. The average molecular weight is 359 g/mol. The van der Waals surface area contributed by atoms with E-state index in [0.717, 1.165) is 57.7 Å². The molecule has 0 N–H and O–H groups in total. The molecule has 1 aliphatic rings. The molecular formula is C24H38O2. The molecular weight excluding hydrogens is 320 g/mol. The Bertz CT molecular complexity index is 547. The number of aldehydes is 1. The van der Waals surface area contributed by atoms with E-state index in [9.17, 15) is 4.79 Å². The van der Waals surface area contributed by atoms with Crippen molar-refractivity contribution in [2.75, 3.05) is 0 Å². The van der Waals surface area contributed by atoms with Crippen LogP contribution in [0, 0.1) is 0 Å². The molecule has 1 atom stereocenters. The van der Waals surface area contributed by atoms with E-state index in [4.69, 9.17) is 4.74 Å². The summed E-state index contributed by atoms with van der Waals surface area (Å²) in [5, 5.41) is 0. The Hall–Kier alpha value is -1.41. The molecule has 0 aromatic heterocycles. The van der Waals surface area contributed by atoms with Crippen LogP contribution in [0.2, 0.25) is 0 Å². The summed E-state index contributed by atoms with van der Waals surface area (Å²) in [6, 6.07) is 0. The van der Waals surface area contributed by atoms with Crippen LogP contribution < -0.4 is 0 Å². The minimum absolute atomic E-state index is 0.124. The van der Waals surface area contributed by atoms with Gasteiger partial charge in [0, 0.05) is 0 Å². The highest BCUT2D eigenvalue weighted by molar-refractivity contribution is 5.64. The molecule has 1 unspecified atom stereocenters. The van der Waals surface area contributed by atoms with E-state index in [1.54, 1.807) is 6.08 Å². The van der Waals surface area contributed by atoms with E-state index in [0.29, 0.717) is 6.10 Å². The van der Waals surface area contributed by atoms with Crippen molar-refractivity contribution in [3.05, 3.63) is 47.1 Å². The number of carbonyl (C=O) groups excluding carboxylic acids is 1. The Balaban J connectivity index is 2.13. The fourth-order valence-electron chi connectivity index (χ4n) is 3.07. The topological polar surface area (TPSA) is 29.6 Å². The molecule has 26 heavy (non-hydrogen) atoms. The third-order valence-corrected chi connectivity index (χ3v) is 5.07. The first kappa shape index (κ1) is 22.6. The minimum Gasteiger partial charge on any atom is -0.367 e. The van der Waals surface area contributed by atoms with Gasteiger partial charge in [0.2, 0.25) is 0 Å². The second-order valence-corrected chi connectivity index (χ2v) is 8.12. The largest absolute Gasteiger partial charge is 0.367 e. The van der Waals surface area contributed by atoms with Crippen LogP contribution in [-0.4, -0.2) is 18.0 Å². The molecule has 0 radical (unpaired) electrons. The summed E-state index contributed by atoms with van der Waals surface area (Å²) >= 11 is 0. The lowest BCUT2D eigenvalue weighted by molar-refractivity contribution is -0.104. The van der Waals surface area contributed by atoms with Crippen molar-refractivity contribution in [1.82, 2.24) is 0 Å². The molecule has 0 saturated carbocycles. The number of epoxide rings is 1. The highest BCUT2D eigenvalue weighted by atomic mass is 16.6. The Labute approximate surface area is 161 Å². The molecule has 1 saturated heterocycles. The van der Waals surface area contributed by atoms with Gasteiger partial charge < -0.3 is 4.74 Å². The molecule has 1 heterocycles. The van der Waals surface area contributed by atoms with Crippen molar-refractivity contribution in [3.8, 4) is 0 Å². The summed E-state index contributed by atoms with van der Waals surface area (Å²) in [5.74, 6) is 0. The molecule has 0 spiro atoms. The van der Waals surface area contributed by atoms with Gasteiger partial charge in [-0.05, 0) is 92.1 Å². The molecule has 0 aromatic rings. The van der Waals surface area contributed by atoms with Crippen molar-refractivity contribution < 1.29 is 9.53 Å². The predicted octanol–water partition coefficient (Wildman–Crippen LogP) is 6.88. The summed E-state index contributed by atoms with van der Waals surface area (Å²) in [7, 11) is 0.